The minimum atomic E-state index is -0.366. The van der Waals surface area contributed by atoms with Gasteiger partial charge in [-0.1, -0.05) is 43.5 Å². The van der Waals surface area contributed by atoms with Crippen molar-refractivity contribution >= 4 is 24.1 Å². The molecule has 5 nitrogen and oxygen atoms in total. The number of esters is 2. The van der Waals surface area contributed by atoms with Gasteiger partial charge in [0.2, 0.25) is 0 Å². The molecule has 0 aliphatic rings. The second kappa shape index (κ2) is 10.5. The molecule has 0 fully saturated rings. The van der Waals surface area contributed by atoms with Crippen LogP contribution in [0.15, 0.2) is 55.6 Å². The quantitative estimate of drug-likeness (QED) is 0.584. The third-order valence-electron chi connectivity index (χ3n) is 3.05. The molecular formula is C21H22O5. The van der Waals surface area contributed by atoms with Crippen molar-refractivity contribution in [2.24, 2.45) is 0 Å². The van der Waals surface area contributed by atoms with Crippen LogP contribution in [0.1, 0.15) is 25.0 Å². The molecule has 0 amide bonds. The van der Waals surface area contributed by atoms with E-state index in [1.165, 1.54) is 21.0 Å². The van der Waals surface area contributed by atoms with Crippen LogP contribution in [-0.2, 0) is 9.59 Å². The molecule has 0 saturated carbocycles. The van der Waals surface area contributed by atoms with Gasteiger partial charge in [-0.15, -0.1) is 0 Å². The van der Waals surface area contributed by atoms with Gasteiger partial charge in [-0.3, -0.25) is 9.59 Å². The molecule has 2 rings (SSSR count). The van der Waals surface area contributed by atoms with Crippen molar-refractivity contribution in [2.75, 3.05) is 7.11 Å². The van der Waals surface area contributed by atoms with E-state index in [0.29, 0.717) is 17.2 Å². The van der Waals surface area contributed by atoms with Gasteiger partial charge in [0.25, 0.3) is 0 Å². The zero-order valence-electron chi connectivity index (χ0n) is 15.2. The number of ether oxygens (including phenoxy) is 3. The standard InChI is InChI=1S/C11H12O3.C10H10O2/c1-4-9-5-6-10(14-8(2)12)11(7-9)13-3;1-3-9-4-6-10(7-5-9)12-8(2)11/h4-7H,1H2,2-3H3;3-7H,1H2,2H3. The Morgan fingerprint density at radius 1 is 0.808 bits per heavy atom. The normalized spacial score (nSPS) is 9.19. The highest BCUT2D eigenvalue weighted by Gasteiger charge is 2.06. The van der Waals surface area contributed by atoms with E-state index >= 15 is 0 Å². The van der Waals surface area contributed by atoms with Gasteiger partial charge in [0.1, 0.15) is 5.75 Å². The smallest absolute Gasteiger partial charge is 0.308 e. The molecule has 0 spiro atoms. The van der Waals surface area contributed by atoms with Gasteiger partial charge < -0.3 is 14.2 Å². The molecule has 2 aromatic rings. The van der Waals surface area contributed by atoms with Crippen LogP contribution in [0.4, 0.5) is 0 Å². The van der Waals surface area contributed by atoms with Gasteiger partial charge in [0.05, 0.1) is 7.11 Å². The molecule has 0 atom stereocenters. The van der Waals surface area contributed by atoms with E-state index < -0.39 is 0 Å². The van der Waals surface area contributed by atoms with Gasteiger partial charge in [-0.25, -0.2) is 0 Å². The molecule has 26 heavy (non-hydrogen) atoms. The topological polar surface area (TPSA) is 61.8 Å². The summed E-state index contributed by atoms with van der Waals surface area (Å²) in [6.07, 6.45) is 3.43. The lowest BCUT2D eigenvalue weighted by Gasteiger charge is -2.08. The SMILES string of the molecule is C=Cc1ccc(OC(C)=O)c(OC)c1.C=Cc1ccc(OC(C)=O)cc1. The van der Waals surface area contributed by atoms with Crippen molar-refractivity contribution < 1.29 is 23.8 Å². The molecule has 0 aromatic heterocycles. The number of hydrogen-bond acceptors (Lipinski definition) is 5. The molecule has 5 heteroatoms. The minimum absolute atomic E-state index is 0.304. The van der Waals surface area contributed by atoms with Crippen LogP contribution in [-0.4, -0.2) is 19.0 Å². The highest BCUT2D eigenvalue weighted by atomic mass is 16.6. The van der Waals surface area contributed by atoms with Crippen LogP contribution in [0.5, 0.6) is 17.2 Å². The van der Waals surface area contributed by atoms with Crippen molar-refractivity contribution in [2.45, 2.75) is 13.8 Å². The third-order valence-corrected chi connectivity index (χ3v) is 3.05. The fraction of sp³-hybridized carbons (Fsp3) is 0.143. The van der Waals surface area contributed by atoms with E-state index in [2.05, 4.69) is 13.2 Å². The number of carbonyl (C=O) groups is 2. The first-order valence-corrected chi connectivity index (χ1v) is 7.79. The molecule has 2 aromatic carbocycles. The Morgan fingerprint density at radius 2 is 1.35 bits per heavy atom. The fourth-order valence-corrected chi connectivity index (χ4v) is 1.89. The maximum atomic E-state index is 10.7. The number of hydrogen-bond donors (Lipinski definition) is 0. The van der Waals surface area contributed by atoms with Gasteiger partial charge in [0.15, 0.2) is 11.5 Å². The van der Waals surface area contributed by atoms with Crippen LogP contribution in [0.2, 0.25) is 0 Å². The zero-order valence-corrected chi connectivity index (χ0v) is 15.2. The molecule has 0 radical (unpaired) electrons. The van der Waals surface area contributed by atoms with E-state index in [1.54, 1.807) is 42.5 Å². The summed E-state index contributed by atoms with van der Waals surface area (Å²) < 4.78 is 14.8. The van der Waals surface area contributed by atoms with Crippen LogP contribution < -0.4 is 14.2 Å². The van der Waals surface area contributed by atoms with Gasteiger partial charge in [-0.2, -0.15) is 0 Å². The van der Waals surface area contributed by atoms with Crippen molar-refractivity contribution in [3.05, 3.63) is 66.7 Å². The lowest BCUT2D eigenvalue weighted by Crippen LogP contribution is -2.02. The van der Waals surface area contributed by atoms with Crippen LogP contribution in [0.3, 0.4) is 0 Å². The molecule has 136 valence electrons. The van der Waals surface area contributed by atoms with Crippen molar-refractivity contribution in [1.29, 1.82) is 0 Å². The highest BCUT2D eigenvalue weighted by molar-refractivity contribution is 5.71. The summed E-state index contributed by atoms with van der Waals surface area (Å²) in [5.41, 5.74) is 1.92. The molecule has 0 aliphatic carbocycles. The first-order valence-electron chi connectivity index (χ1n) is 7.79. The van der Waals surface area contributed by atoms with E-state index in [-0.39, 0.29) is 11.9 Å². The maximum Gasteiger partial charge on any atom is 0.308 e. The predicted molar refractivity (Wildman–Crippen MR) is 102 cm³/mol. The van der Waals surface area contributed by atoms with Gasteiger partial charge in [-0.05, 0) is 35.4 Å². The van der Waals surface area contributed by atoms with Crippen LogP contribution in [0.25, 0.3) is 12.2 Å². The maximum absolute atomic E-state index is 10.7. The zero-order chi connectivity index (χ0) is 19.5. The Hall–Kier alpha value is -3.34. The number of benzene rings is 2. The third kappa shape index (κ3) is 7.05. The Morgan fingerprint density at radius 3 is 1.81 bits per heavy atom. The molecule has 0 heterocycles. The first-order chi connectivity index (χ1) is 12.4. The Labute approximate surface area is 153 Å². The van der Waals surface area contributed by atoms with E-state index in [1.807, 2.05) is 12.1 Å². The summed E-state index contributed by atoms with van der Waals surface area (Å²) in [5, 5.41) is 0. The van der Waals surface area contributed by atoms with E-state index in [9.17, 15) is 9.59 Å². The molecular weight excluding hydrogens is 332 g/mol. The summed E-state index contributed by atoms with van der Waals surface area (Å²) in [5.74, 6) is 0.840. The summed E-state index contributed by atoms with van der Waals surface area (Å²) in [7, 11) is 1.52. The Balaban J connectivity index is 0.000000263. The monoisotopic (exact) mass is 354 g/mol. The molecule has 0 saturated heterocycles. The largest absolute Gasteiger partial charge is 0.493 e. The second-order valence-corrected chi connectivity index (χ2v) is 5.07. The number of carbonyl (C=O) groups excluding carboxylic acids is 2. The lowest BCUT2D eigenvalue weighted by molar-refractivity contribution is -0.132. The van der Waals surface area contributed by atoms with Gasteiger partial charge >= 0.3 is 11.9 Å². The fourth-order valence-electron chi connectivity index (χ4n) is 1.89. The molecule has 0 bridgehead atoms. The first kappa shape index (κ1) is 20.7. The van der Waals surface area contributed by atoms with Crippen LogP contribution in [0, 0.1) is 0 Å². The predicted octanol–water partition coefficient (Wildman–Crippen LogP) is 4.52. The minimum Gasteiger partial charge on any atom is -0.493 e. The average molecular weight is 354 g/mol. The summed E-state index contributed by atoms with van der Waals surface area (Å²) in [4.78, 5) is 21.3. The molecule has 0 N–H and O–H groups in total. The van der Waals surface area contributed by atoms with E-state index in [4.69, 9.17) is 14.2 Å². The summed E-state index contributed by atoms with van der Waals surface area (Å²) >= 11 is 0. The van der Waals surface area contributed by atoms with Crippen LogP contribution >= 0.6 is 0 Å². The lowest BCUT2D eigenvalue weighted by atomic mass is 10.2. The second-order valence-electron chi connectivity index (χ2n) is 5.07. The molecule has 0 aliphatic heterocycles. The van der Waals surface area contributed by atoms with Gasteiger partial charge in [0, 0.05) is 13.8 Å². The van der Waals surface area contributed by atoms with E-state index in [0.717, 1.165) is 11.1 Å². The Bertz CT molecular complexity index is 775. The van der Waals surface area contributed by atoms with Crippen molar-refractivity contribution in [3.63, 3.8) is 0 Å². The summed E-state index contributed by atoms with van der Waals surface area (Å²) in [6, 6.07) is 12.4. The van der Waals surface area contributed by atoms with Crippen molar-refractivity contribution in [3.8, 4) is 17.2 Å². The molecule has 0 unspecified atom stereocenters. The summed E-state index contributed by atoms with van der Waals surface area (Å²) in [6.45, 7) is 9.97. The number of methoxy groups -OCH3 is 1. The van der Waals surface area contributed by atoms with Crippen molar-refractivity contribution in [1.82, 2.24) is 0 Å². The highest BCUT2D eigenvalue weighted by Crippen LogP contribution is 2.28. The average Bonchev–Trinajstić information content (AvgIpc) is 2.62. The number of rotatable bonds is 5. The Kier molecular flexibility index (Phi) is 8.37.